The third-order valence-electron chi connectivity index (χ3n) is 4.45. The van der Waals surface area contributed by atoms with E-state index in [1.165, 1.54) is 29.2 Å². The standard InChI is InChI=1S/C19H19N3O3S/c1-10-13(4)26-18-16(10)19(25)22(9-20-18)11(2)17(24)21-15-7-5-6-14(8-15)12(3)23/h5-9,11H,1-4H3,(H,21,24). The van der Waals surface area contributed by atoms with E-state index < -0.39 is 6.04 Å². The number of nitrogens with zero attached hydrogens (tertiary/aromatic N) is 2. The van der Waals surface area contributed by atoms with E-state index in [0.29, 0.717) is 21.5 Å². The molecule has 2 heterocycles. The van der Waals surface area contributed by atoms with Crippen LogP contribution in [0.5, 0.6) is 0 Å². The maximum absolute atomic E-state index is 12.8. The van der Waals surface area contributed by atoms with Crippen molar-refractivity contribution in [3.63, 3.8) is 0 Å². The first-order chi connectivity index (χ1) is 12.3. The van der Waals surface area contributed by atoms with Crippen molar-refractivity contribution in [1.82, 2.24) is 9.55 Å². The monoisotopic (exact) mass is 369 g/mol. The Bertz CT molecular complexity index is 1080. The number of carbonyl (C=O) groups excluding carboxylic acids is 2. The molecule has 2 aromatic heterocycles. The number of ketones is 1. The molecule has 0 aliphatic carbocycles. The van der Waals surface area contributed by atoms with Crippen molar-refractivity contribution in [2.45, 2.75) is 33.7 Å². The summed E-state index contributed by atoms with van der Waals surface area (Å²) in [5.41, 5.74) is 1.70. The number of nitrogens with one attached hydrogen (secondary N) is 1. The average Bonchev–Trinajstić information content (AvgIpc) is 2.90. The van der Waals surface area contributed by atoms with Crippen LogP contribution in [0.15, 0.2) is 35.4 Å². The minimum atomic E-state index is -0.736. The number of hydrogen-bond acceptors (Lipinski definition) is 5. The number of Topliss-reactive ketones (excluding diaryl/α,β-unsaturated/α-hetero) is 1. The van der Waals surface area contributed by atoms with Gasteiger partial charge in [-0.05, 0) is 45.4 Å². The van der Waals surface area contributed by atoms with Crippen LogP contribution in [0.25, 0.3) is 10.2 Å². The van der Waals surface area contributed by atoms with Gasteiger partial charge in [0.25, 0.3) is 5.56 Å². The van der Waals surface area contributed by atoms with Crippen molar-refractivity contribution < 1.29 is 9.59 Å². The van der Waals surface area contributed by atoms with Crippen LogP contribution < -0.4 is 10.9 Å². The van der Waals surface area contributed by atoms with E-state index in [1.807, 2.05) is 13.8 Å². The molecule has 0 bridgehead atoms. The number of benzene rings is 1. The van der Waals surface area contributed by atoms with Crippen LogP contribution in [-0.2, 0) is 4.79 Å². The topological polar surface area (TPSA) is 81.1 Å². The van der Waals surface area contributed by atoms with Gasteiger partial charge in [0.15, 0.2) is 5.78 Å². The lowest BCUT2D eigenvalue weighted by atomic mass is 10.1. The predicted molar refractivity (Wildman–Crippen MR) is 103 cm³/mol. The largest absolute Gasteiger partial charge is 0.324 e. The van der Waals surface area contributed by atoms with Gasteiger partial charge >= 0.3 is 0 Å². The zero-order chi connectivity index (χ0) is 19.0. The van der Waals surface area contributed by atoms with Crippen LogP contribution in [0.4, 0.5) is 5.69 Å². The smallest absolute Gasteiger partial charge is 0.263 e. The second-order valence-corrected chi connectivity index (χ2v) is 7.43. The Kier molecular flexibility index (Phi) is 4.73. The highest BCUT2D eigenvalue weighted by atomic mass is 32.1. The molecule has 7 heteroatoms. The summed E-state index contributed by atoms with van der Waals surface area (Å²) in [5, 5.41) is 3.32. The van der Waals surface area contributed by atoms with E-state index >= 15 is 0 Å². The lowest BCUT2D eigenvalue weighted by Gasteiger charge is -2.15. The molecule has 1 atom stereocenters. The Hall–Kier alpha value is -2.80. The van der Waals surface area contributed by atoms with Gasteiger partial charge in [0, 0.05) is 16.1 Å². The van der Waals surface area contributed by atoms with Gasteiger partial charge in [-0.1, -0.05) is 12.1 Å². The van der Waals surface area contributed by atoms with E-state index in [4.69, 9.17) is 0 Å². The minimum Gasteiger partial charge on any atom is -0.324 e. The molecule has 6 nitrogen and oxygen atoms in total. The Morgan fingerprint density at radius 3 is 2.69 bits per heavy atom. The summed E-state index contributed by atoms with van der Waals surface area (Å²) < 4.78 is 1.34. The van der Waals surface area contributed by atoms with Crippen LogP contribution >= 0.6 is 11.3 Å². The Morgan fingerprint density at radius 1 is 1.27 bits per heavy atom. The van der Waals surface area contributed by atoms with Gasteiger partial charge < -0.3 is 5.32 Å². The first kappa shape index (κ1) is 18.0. The second kappa shape index (κ2) is 6.84. The number of hydrogen-bond donors (Lipinski definition) is 1. The molecular weight excluding hydrogens is 350 g/mol. The van der Waals surface area contributed by atoms with Gasteiger partial charge in [-0.15, -0.1) is 11.3 Å². The first-order valence-corrected chi connectivity index (χ1v) is 9.00. The molecular formula is C19H19N3O3S. The zero-order valence-electron chi connectivity index (χ0n) is 15.0. The number of amides is 1. The summed E-state index contributed by atoms with van der Waals surface area (Å²) >= 11 is 1.47. The number of aryl methyl sites for hydroxylation is 2. The molecule has 1 aromatic carbocycles. The second-order valence-electron chi connectivity index (χ2n) is 6.22. The lowest BCUT2D eigenvalue weighted by molar-refractivity contribution is -0.118. The molecule has 1 unspecified atom stereocenters. The molecule has 0 aliphatic rings. The molecule has 1 N–H and O–H groups in total. The van der Waals surface area contributed by atoms with Crippen molar-refractivity contribution >= 4 is 38.9 Å². The van der Waals surface area contributed by atoms with Crippen molar-refractivity contribution in [3.05, 3.63) is 57.0 Å². The van der Waals surface area contributed by atoms with E-state index in [2.05, 4.69) is 10.3 Å². The molecule has 3 aromatic rings. The maximum Gasteiger partial charge on any atom is 0.263 e. The van der Waals surface area contributed by atoms with E-state index in [1.54, 1.807) is 31.2 Å². The Balaban J connectivity index is 1.92. The Morgan fingerprint density at radius 2 is 2.00 bits per heavy atom. The van der Waals surface area contributed by atoms with Gasteiger partial charge in [-0.25, -0.2) is 4.98 Å². The zero-order valence-corrected chi connectivity index (χ0v) is 15.8. The van der Waals surface area contributed by atoms with Crippen LogP contribution in [0, 0.1) is 13.8 Å². The fourth-order valence-electron chi connectivity index (χ4n) is 2.71. The summed E-state index contributed by atoms with van der Waals surface area (Å²) in [6.45, 7) is 6.95. The molecule has 0 saturated carbocycles. The van der Waals surface area contributed by atoms with Crippen LogP contribution in [0.3, 0.4) is 0 Å². The van der Waals surface area contributed by atoms with Crippen molar-refractivity contribution in [1.29, 1.82) is 0 Å². The highest BCUT2D eigenvalue weighted by molar-refractivity contribution is 7.18. The number of aromatic nitrogens is 2. The summed E-state index contributed by atoms with van der Waals surface area (Å²) in [6, 6.07) is 5.97. The van der Waals surface area contributed by atoms with Gasteiger partial charge in [-0.2, -0.15) is 0 Å². The van der Waals surface area contributed by atoms with Gasteiger partial charge in [-0.3, -0.25) is 19.0 Å². The van der Waals surface area contributed by atoms with E-state index in [0.717, 1.165) is 10.4 Å². The number of thiophene rings is 1. The third kappa shape index (κ3) is 3.17. The highest BCUT2D eigenvalue weighted by Gasteiger charge is 2.20. The van der Waals surface area contributed by atoms with Crippen molar-refractivity contribution in [2.75, 3.05) is 5.32 Å². The summed E-state index contributed by atoms with van der Waals surface area (Å²) in [4.78, 5) is 42.9. The Labute approximate surface area is 154 Å². The maximum atomic E-state index is 12.8. The molecule has 0 saturated heterocycles. The normalized spacial score (nSPS) is 12.2. The molecule has 134 valence electrons. The summed E-state index contributed by atoms with van der Waals surface area (Å²) in [5.74, 6) is -0.429. The highest BCUT2D eigenvalue weighted by Crippen LogP contribution is 2.26. The van der Waals surface area contributed by atoms with E-state index in [9.17, 15) is 14.4 Å². The third-order valence-corrected chi connectivity index (χ3v) is 5.56. The SMILES string of the molecule is CC(=O)c1cccc(NC(=O)C(C)n2cnc3sc(C)c(C)c3c2=O)c1. The number of rotatable bonds is 4. The average molecular weight is 369 g/mol. The molecule has 0 aliphatic heterocycles. The minimum absolute atomic E-state index is 0.0803. The van der Waals surface area contributed by atoms with Crippen molar-refractivity contribution in [2.24, 2.45) is 0 Å². The predicted octanol–water partition coefficient (Wildman–Crippen LogP) is 3.48. The molecule has 0 fully saturated rings. The fourth-order valence-corrected chi connectivity index (χ4v) is 3.70. The summed E-state index contributed by atoms with van der Waals surface area (Å²) in [7, 11) is 0. The summed E-state index contributed by atoms with van der Waals surface area (Å²) in [6.07, 6.45) is 1.41. The molecule has 1 amide bonds. The van der Waals surface area contributed by atoms with Gasteiger partial charge in [0.05, 0.1) is 11.7 Å². The van der Waals surface area contributed by atoms with Crippen molar-refractivity contribution in [3.8, 4) is 0 Å². The van der Waals surface area contributed by atoms with Crippen LogP contribution in [0.2, 0.25) is 0 Å². The molecule has 26 heavy (non-hydrogen) atoms. The fraction of sp³-hybridized carbons (Fsp3) is 0.263. The van der Waals surface area contributed by atoms with E-state index in [-0.39, 0.29) is 17.2 Å². The molecule has 0 spiro atoms. The van der Waals surface area contributed by atoms with Crippen LogP contribution in [-0.4, -0.2) is 21.2 Å². The number of carbonyl (C=O) groups is 2. The quantitative estimate of drug-likeness (QED) is 0.714. The van der Waals surface area contributed by atoms with Crippen LogP contribution in [0.1, 0.15) is 40.7 Å². The lowest BCUT2D eigenvalue weighted by Crippen LogP contribution is -2.31. The number of anilines is 1. The molecule has 3 rings (SSSR count). The van der Waals surface area contributed by atoms with Gasteiger partial charge in [0.2, 0.25) is 5.91 Å². The first-order valence-electron chi connectivity index (χ1n) is 8.18. The molecule has 0 radical (unpaired) electrons. The number of fused-ring (bicyclic) bond motifs is 1. The van der Waals surface area contributed by atoms with Gasteiger partial charge in [0.1, 0.15) is 10.9 Å².